The van der Waals surface area contributed by atoms with Crippen LogP contribution in [-0.4, -0.2) is 21.5 Å². The number of nitrogens with one attached hydrogen (secondary N) is 1. The summed E-state index contributed by atoms with van der Waals surface area (Å²) in [6.45, 7) is 2.70. The van der Waals surface area contributed by atoms with Gasteiger partial charge in [0.1, 0.15) is 0 Å². The number of anilines is 1. The minimum atomic E-state index is -4.42. The molecule has 8 heteroatoms. The molecule has 2 rings (SSSR count). The van der Waals surface area contributed by atoms with Gasteiger partial charge in [0.15, 0.2) is 5.01 Å². The van der Waals surface area contributed by atoms with E-state index in [9.17, 15) is 13.2 Å². The Balaban J connectivity index is 2.24. The first kappa shape index (κ1) is 13.7. The smallest absolute Gasteiger partial charge is 0.354 e. The molecule has 2 aromatic heterocycles. The van der Waals surface area contributed by atoms with Crippen molar-refractivity contribution in [2.75, 3.05) is 11.9 Å². The van der Waals surface area contributed by atoms with Crippen LogP contribution in [0, 0.1) is 0 Å². The minimum absolute atomic E-state index is 0.370. The van der Waals surface area contributed by atoms with E-state index in [2.05, 4.69) is 20.3 Å². The van der Waals surface area contributed by atoms with Gasteiger partial charge in [0, 0.05) is 18.9 Å². The Morgan fingerprint density at radius 1 is 1.32 bits per heavy atom. The third kappa shape index (κ3) is 3.40. The third-order valence-corrected chi connectivity index (χ3v) is 3.25. The molecular weight excluding hydrogens is 277 g/mol. The number of thiazole rings is 1. The van der Waals surface area contributed by atoms with E-state index in [0.717, 1.165) is 6.42 Å². The van der Waals surface area contributed by atoms with E-state index in [4.69, 9.17) is 0 Å². The molecule has 0 aliphatic rings. The van der Waals surface area contributed by atoms with E-state index in [1.807, 2.05) is 6.92 Å². The number of nitrogens with zero attached hydrogens (tertiary/aromatic N) is 3. The Morgan fingerprint density at radius 2 is 2.11 bits per heavy atom. The first-order valence-corrected chi connectivity index (χ1v) is 6.42. The highest BCUT2D eigenvalue weighted by Gasteiger charge is 2.34. The molecule has 0 radical (unpaired) electrons. The average molecular weight is 288 g/mol. The highest BCUT2D eigenvalue weighted by molar-refractivity contribution is 7.15. The fraction of sp³-hybridized carbons (Fsp3) is 0.364. The van der Waals surface area contributed by atoms with E-state index in [-0.39, 0.29) is 0 Å². The summed E-state index contributed by atoms with van der Waals surface area (Å²) in [6, 6.07) is 1.56. The molecule has 0 aliphatic heterocycles. The lowest BCUT2D eigenvalue weighted by molar-refractivity contribution is -0.137. The molecular formula is C11H11F3N4S. The first-order valence-electron chi connectivity index (χ1n) is 5.61. The van der Waals surface area contributed by atoms with E-state index in [0.29, 0.717) is 34.4 Å². The predicted octanol–water partition coefficient (Wildman–Crippen LogP) is 3.44. The molecule has 0 fully saturated rings. The van der Waals surface area contributed by atoms with Gasteiger partial charge in [-0.05, 0) is 12.5 Å². The van der Waals surface area contributed by atoms with Crippen LogP contribution in [0.1, 0.15) is 18.4 Å². The average Bonchev–Trinajstić information content (AvgIpc) is 2.86. The summed E-state index contributed by atoms with van der Waals surface area (Å²) in [5.41, 5.74) is 0.432. The summed E-state index contributed by atoms with van der Waals surface area (Å²) in [7, 11) is 0. The quantitative estimate of drug-likeness (QED) is 0.936. The molecule has 0 bridgehead atoms. The number of halogens is 3. The molecule has 0 atom stereocenters. The lowest BCUT2D eigenvalue weighted by Crippen LogP contribution is -2.04. The molecule has 0 saturated carbocycles. The second-order valence-electron chi connectivity index (χ2n) is 3.72. The van der Waals surface area contributed by atoms with Gasteiger partial charge < -0.3 is 5.32 Å². The van der Waals surface area contributed by atoms with E-state index in [1.165, 1.54) is 12.4 Å². The van der Waals surface area contributed by atoms with Crippen LogP contribution in [0.15, 0.2) is 18.5 Å². The minimum Gasteiger partial charge on any atom is -0.354 e. The third-order valence-electron chi connectivity index (χ3n) is 2.19. The predicted molar refractivity (Wildman–Crippen MR) is 66.9 cm³/mol. The summed E-state index contributed by atoms with van der Waals surface area (Å²) in [5, 5.41) is 2.11. The highest BCUT2D eigenvalue weighted by atomic mass is 32.1. The zero-order valence-corrected chi connectivity index (χ0v) is 10.8. The molecule has 1 N–H and O–H groups in total. The molecule has 2 heterocycles. The van der Waals surface area contributed by atoms with Crippen molar-refractivity contribution in [3.63, 3.8) is 0 Å². The van der Waals surface area contributed by atoms with Crippen molar-refractivity contribution < 1.29 is 13.2 Å². The maximum atomic E-state index is 12.5. The van der Waals surface area contributed by atoms with Crippen molar-refractivity contribution in [1.82, 2.24) is 15.0 Å². The Labute approximate surface area is 111 Å². The zero-order valence-electron chi connectivity index (χ0n) is 10.0. The van der Waals surface area contributed by atoms with Crippen LogP contribution < -0.4 is 5.32 Å². The van der Waals surface area contributed by atoms with Gasteiger partial charge in [-0.1, -0.05) is 6.92 Å². The number of hydrogen-bond donors (Lipinski definition) is 1. The summed E-state index contributed by atoms with van der Waals surface area (Å²) in [4.78, 5) is 11.9. The number of alkyl halides is 3. The van der Waals surface area contributed by atoms with Crippen LogP contribution >= 0.6 is 11.3 Å². The largest absolute Gasteiger partial charge is 0.443 e. The lowest BCUT2D eigenvalue weighted by atomic mass is 10.4. The Hall–Kier alpha value is -1.70. The number of hydrogen-bond acceptors (Lipinski definition) is 5. The monoisotopic (exact) mass is 288 g/mol. The Bertz CT molecular complexity index is 553. The van der Waals surface area contributed by atoms with Crippen LogP contribution in [0.5, 0.6) is 0 Å². The molecule has 102 valence electrons. The lowest BCUT2D eigenvalue weighted by Gasteiger charge is -2.03. The van der Waals surface area contributed by atoms with Gasteiger partial charge in [0.2, 0.25) is 5.95 Å². The maximum Gasteiger partial charge on any atom is 0.443 e. The molecule has 0 unspecified atom stereocenters. The summed E-state index contributed by atoms with van der Waals surface area (Å²) in [6.07, 6.45) is -0.821. The van der Waals surface area contributed by atoms with Crippen molar-refractivity contribution in [1.29, 1.82) is 0 Å². The molecule has 0 aromatic carbocycles. The fourth-order valence-corrected chi connectivity index (χ4v) is 2.09. The molecule has 19 heavy (non-hydrogen) atoms. The van der Waals surface area contributed by atoms with Crippen LogP contribution in [0.4, 0.5) is 19.1 Å². The SMILES string of the molecule is CCCNc1nccc(-c2cnc(C(F)(F)F)s2)n1. The van der Waals surface area contributed by atoms with Gasteiger partial charge in [-0.2, -0.15) is 13.2 Å². The van der Waals surface area contributed by atoms with Gasteiger partial charge in [-0.3, -0.25) is 0 Å². The topological polar surface area (TPSA) is 50.7 Å². The summed E-state index contributed by atoms with van der Waals surface area (Å²) < 4.78 is 37.4. The standard InChI is InChI=1S/C11H11F3N4S/c1-2-4-15-10-16-5-3-7(18-10)8-6-17-9(19-8)11(12,13)14/h3,5-6H,2,4H2,1H3,(H,15,16,18). The van der Waals surface area contributed by atoms with Gasteiger partial charge in [-0.15, -0.1) is 11.3 Å². The summed E-state index contributed by atoms with van der Waals surface area (Å²) >= 11 is 0.571. The maximum absolute atomic E-state index is 12.5. The van der Waals surface area contributed by atoms with Crippen molar-refractivity contribution in [3.05, 3.63) is 23.5 Å². The number of rotatable bonds is 4. The fourth-order valence-electron chi connectivity index (χ4n) is 1.34. The molecule has 2 aromatic rings. The molecule has 0 aliphatic carbocycles. The Morgan fingerprint density at radius 3 is 2.74 bits per heavy atom. The van der Waals surface area contributed by atoms with Crippen molar-refractivity contribution in [2.24, 2.45) is 0 Å². The summed E-state index contributed by atoms with van der Waals surface area (Å²) in [5.74, 6) is 0.404. The van der Waals surface area contributed by atoms with Crippen molar-refractivity contribution >= 4 is 17.3 Å². The van der Waals surface area contributed by atoms with Gasteiger partial charge >= 0.3 is 6.18 Å². The molecule has 0 saturated heterocycles. The highest BCUT2D eigenvalue weighted by Crippen LogP contribution is 2.35. The van der Waals surface area contributed by atoms with E-state index < -0.39 is 11.2 Å². The van der Waals surface area contributed by atoms with Crippen molar-refractivity contribution in [3.8, 4) is 10.6 Å². The normalized spacial score (nSPS) is 11.6. The van der Waals surface area contributed by atoms with Gasteiger partial charge in [0.05, 0.1) is 10.6 Å². The van der Waals surface area contributed by atoms with Crippen LogP contribution in [0.25, 0.3) is 10.6 Å². The zero-order chi connectivity index (χ0) is 13.9. The molecule has 0 spiro atoms. The van der Waals surface area contributed by atoms with Crippen molar-refractivity contribution in [2.45, 2.75) is 19.5 Å². The molecule has 0 amide bonds. The number of aromatic nitrogens is 3. The molecule has 4 nitrogen and oxygen atoms in total. The first-order chi connectivity index (χ1) is 9.00. The van der Waals surface area contributed by atoms with E-state index in [1.54, 1.807) is 6.07 Å². The van der Waals surface area contributed by atoms with Gasteiger partial charge in [-0.25, -0.2) is 15.0 Å². The second kappa shape index (κ2) is 5.52. The van der Waals surface area contributed by atoms with Gasteiger partial charge in [0.25, 0.3) is 0 Å². The Kier molecular flexibility index (Phi) is 3.98. The van der Waals surface area contributed by atoms with Crippen LogP contribution in [0.2, 0.25) is 0 Å². The van der Waals surface area contributed by atoms with Crippen LogP contribution in [0.3, 0.4) is 0 Å². The van der Waals surface area contributed by atoms with E-state index >= 15 is 0 Å². The van der Waals surface area contributed by atoms with Crippen LogP contribution in [-0.2, 0) is 6.18 Å². The second-order valence-corrected chi connectivity index (χ2v) is 4.75.